The maximum absolute atomic E-state index is 8.70. The van der Waals surface area contributed by atoms with Crippen LogP contribution in [-0.2, 0) is 4.74 Å². The highest BCUT2D eigenvalue weighted by Crippen LogP contribution is 2.32. The summed E-state index contributed by atoms with van der Waals surface area (Å²) in [5, 5.41) is 11.7. The Morgan fingerprint density at radius 1 is 1.25 bits per heavy atom. The number of anilines is 1. The molecule has 1 saturated carbocycles. The summed E-state index contributed by atoms with van der Waals surface area (Å²) in [6, 6.07) is 8.39. The van der Waals surface area contributed by atoms with E-state index in [1.54, 1.807) is 0 Å². The summed E-state index contributed by atoms with van der Waals surface area (Å²) in [4.78, 5) is 2.45. The fourth-order valence-electron chi connectivity index (χ4n) is 3.30. The minimum atomic E-state index is 0.147. The maximum Gasteiger partial charge on any atom is 0.170 e. The van der Waals surface area contributed by atoms with Gasteiger partial charge in [-0.3, -0.25) is 0 Å². The Kier molecular flexibility index (Phi) is 3.78. The predicted molar refractivity (Wildman–Crippen MR) is 78.3 cm³/mol. The summed E-state index contributed by atoms with van der Waals surface area (Å²) in [6.07, 6.45) is 5.30. The summed E-state index contributed by atoms with van der Waals surface area (Å²) in [5.41, 5.74) is 7.53. The van der Waals surface area contributed by atoms with Crippen molar-refractivity contribution in [1.29, 1.82) is 0 Å². The van der Waals surface area contributed by atoms with Crippen LogP contribution in [0.5, 0.6) is 0 Å². The first-order valence-electron chi connectivity index (χ1n) is 7.26. The number of hydrogen-bond donors (Lipinski definition) is 2. The van der Waals surface area contributed by atoms with E-state index < -0.39 is 0 Å². The van der Waals surface area contributed by atoms with Gasteiger partial charge in [0.25, 0.3) is 0 Å². The Labute approximate surface area is 119 Å². The summed E-state index contributed by atoms with van der Waals surface area (Å²) in [5.74, 6) is 0.147. The molecule has 0 bridgehead atoms. The molecule has 20 heavy (non-hydrogen) atoms. The molecule has 2 unspecified atom stereocenters. The van der Waals surface area contributed by atoms with Crippen molar-refractivity contribution in [2.24, 2.45) is 10.9 Å². The molecule has 0 aromatic heterocycles. The van der Waals surface area contributed by atoms with E-state index in [0.29, 0.717) is 12.1 Å². The number of oxime groups is 1. The van der Waals surface area contributed by atoms with Gasteiger partial charge in [0, 0.05) is 17.8 Å². The topological polar surface area (TPSA) is 71.1 Å². The Bertz CT molecular complexity index is 484. The van der Waals surface area contributed by atoms with Crippen LogP contribution in [-0.4, -0.2) is 36.3 Å². The van der Waals surface area contributed by atoms with E-state index in [9.17, 15) is 0 Å². The molecule has 2 fully saturated rings. The lowest BCUT2D eigenvalue weighted by atomic mass is 9.89. The largest absolute Gasteiger partial charge is 0.409 e. The van der Waals surface area contributed by atoms with Crippen LogP contribution in [0.4, 0.5) is 5.69 Å². The van der Waals surface area contributed by atoms with Crippen LogP contribution in [0.2, 0.25) is 0 Å². The maximum atomic E-state index is 8.70. The SMILES string of the molecule is NC(=NO)c1ccc(N2CCOC3CCCCC32)cc1. The van der Waals surface area contributed by atoms with Gasteiger partial charge in [0.1, 0.15) is 0 Å². The molecule has 2 aliphatic rings. The van der Waals surface area contributed by atoms with E-state index in [4.69, 9.17) is 15.7 Å². The van der Waals surface area contributed by atoms with Crippen LogP contribution in [0.3, 0.4) is 0 Å². The Morgan fingerprint density at radius 2 is 2.00 bits per heavy atom. The van der Waals surface area contributed by atoms with E-state index in [1.165, 1.54) is 31.4 Å². The van der Waals surface area contributed by atoms with E-state index >= 15 is 0 Å². The lowest BCUT2D eigenvalue weighted by molar-refractivity contribution is -0.00867. The molecule has 1 aromatic rings. The Morgan fingerprint density at radius 3 is 2.75 bits per heavy atom. The smallest absolute Gasteiger partial charge is 0.170 e. The zero-order valence-electron chi connectivity index (χ0n) is 11.5. The number of nitrogens with zero attached hydrogens (tertiary/aromatic N) is 2. The lowest BCUT2D eigenvalue weighted by Gasteiger charge is -2.45. The minimum absolute atomic E-state index is 0.147. The molecule has 1 aliphatic heterocycles. The predicted octanol–water partition coefficient (Wildman–Crippen LogP) is 1.93. The number of amidine groups is 1. The van der Waals surface area contributed by atoms with Crippen molar-refractivity contribution in [1.82, 2.24) is 0 Å². The second kappa shape index (κ2) is 5.71. The van der Waals surface area contributed by atoms with Crippen molar-refractivity contribution in [2.75, 3.05) is 18.1 Å². The third kappa shape index (κ3) is 2.45. The van der Waals surface area contributed by atoms with Gasteiger partial charge in [-0.25, -0.2) is 0 Å². The standard InChI is InChI=1S/C15H21N3O2/c16-15(17-19)11-5-7-12(8-6-11)18-9-10-20-14-4-2-1-3-13(14)18/h5-8,13-14,19H,1-4,9-10H2,(H2,16,17). The van der Waals surface area contributed by atoms with Crippen molar-refractivity contribution in [3.8, 4) is 0 Å². The van der Waals surface area contributed by atoms with Crippen molar-refractivity contribution < 1.29 is 9.94 Å². The van der Waals surface area contributed by atoms with Crippen LogP contribution >= 0.6 is 0 Å². The fraction of sp³-hybridized carbons (Fsp3) is 0.533. The fourth-order valence-corrected chi connectivity index (χ4v) is 3.30. The van der Waals surface area contributed by atoms with Gasteiger partial charge >= 0.3 is 0 Å². The first-order valence-corrected chi connectivity index (χ1v) is 7.26. The molecule has 1 aliphatic carbocycles. The quantitative estimate of drug-likeness (QED) is 0.374. The molecule has 0 amide bonds. The van der Waals surface area contributed by atoms with E-state index in [2.05, 4.69) is 10.1 Å². The van der Waals surface area contributed by atoms with Gasteiger partial charge in [-0.2, -0.15) is 0 Å². The van der Waals surface area contributed by atoms with Gasteiger partial charge < -0.3 is 20.6 Å². The molecular formula is C15H21N3O2. The van der Waals surface area contributed by atoms with Crippen molar-refractivity contribution in [2.45, 2.75) is 37.8 Å². The summed E-state index contributed by atoms with van der Waals surface area (Å²) in [7, 11) is 0. The first-order chi connectivity index (χ1) is 9.79. The molecule has 108 valence electrons. The highest BCUT2D eigenvalue weighted by molar-refractivity contribution is 5.97. The van der Waals surface area contributed by atoms with E-state index in [0.717, 1.165) is 18.7 Å². The van der Waals surface area contributed by atoms with Crippen LogP contribution in [0, 0.1) is 0 Å². The van der Waals surface area contributed by atoms with Crippen LogP contribution in [0.1, 0.15) is 31.2 Å². The number of morpholine rings is 1. The van der Waals surface area contributed by atoms with Gasteiger partial charge in [0.2, 0.25) is 0 Å². The second-order valence-corrected chi connectivity index (χ2v) is 5.49. The van der Waals surface area contributed by atoms with E-state index in [1.807, 2.05) is 24.3 Å². The molecule has 2 atom stereocenters. The van der Waals surface area contributed by atoms with Gasteiger partial charge in [-0.1, -0.05) is 18.0 Å². The number of ether oxygens (including phenoxy) is 1. The summed E-state index contributed by atoms with van der Waals surface area (Å²) in [6.45, 7) is 1.73. The van der Waals surface area contributed by atoms with Crippen LogP contribution < -0.4 is 10.6 Å². The van der Waals surface area contributed by atoms with Gasteiger partial charge in [-0.15, -0.1) is 0 Å². The molecular weight excluding hydrogens is 254 g/mol. The van der Waals surface area contributed by atoms with Crippen LogP contribution in [0.25, 0.3) is 0 Å². The summed E-state index contributed by atoms with van der Waals surface area (Å²) >= 11 is 0. The number of fused-ring (bicyclic) bond motifs is 1. The van der Waals surface area contributed by atoms with Gasteiger partial charge in [0.15, 0.2) is 5.84 Å². The van der Waals surface area contributed by atoms with Crippen molar-refractivity contribution in [3.05, 3.63) is 29.8 Å². The molecule has 0 spiro atoms. The average Bonchev–Trinajstić information content (AvgIpc) is 2.54. The third-order valence-electron chi connectivity index (χ3n) is 4.33. The monoisotopic (exact) mass is 275 g/mol. The molecule has 5 heteroatoms. The highest BCUT2D eigenvalue weighted by atomic mass is 16.5. The number of benzene rings is 1. The first kappa shape index (κ1) is 13.2. The lowest BCUT2D eigenvalue weighted by Crippen LogP contribution is -2.52. The Balaban J connectivity index is 1.80. The zero-order valence-corrected chi connectivity index (χ0v) is 11.5. The second-order valence-electron chi connectivity index (χ2n) is 5.49. The normalized spacial score (nSPS) is 27.2. The van der Waals surface area contributed by atoms with E-state index in [-0.39, 0.29) is 5.84 Å². The molecule has 5 nitrogen and oxygen atoms in total. The van der Waals surface area contributed by atoms with Crippen molar-refractivity contribution >= 4 is 11.5 Å². The molecule has 1 aromatic carbocycles. The van der Waals surface area contributed by atoms with Gasteiger partial charge in [-0.05, 0) is 37.1 Å². The minimum Gasteiger partial charge on any atom is -0.409 e. The van der Waals surface area contributed by atoms with Gasteiger partial charge in [0.05, 0.1) is 18.8 Å². The summed E-state index contributed by atoms with van der Waals surface area (Å²) < 4.78 is 5.90. The molecule has 0 radical (unpaired) electrons. The average molecular weight is 275 g/mol. The molecule has 3 N–H and O–H groups in total. The zero-order chi connectivity index (χ0) is 13.9. The molecule has 3 rings (SSSR count). The van der Waals surface area contributed by atoms with Crippen molar-refractivity contribution in [3.63, 3.8) is 0 Å². The Hall–Kier alpha value is -1.75. The van der Waals surface area contributed by atoms with Crippen LogP contribution in [0.15, 0.2) is 29.4 Å². The number of nitrogens with two attached hydrogens (primary N) is 1. The highest BCUT2D eigenvalue weighted by Gasteiger charge is 2.34. The molecule has 1 saturated heterocycles. The molecule has 1 heterocycles. The number of hydrogen-bond acceptors (Lipinski definition) is 4. The third-order valence-corrected chi connectivity index (χ3v) is 4.33. The number of rotatable bonds is 2.